The third kappa shape index (κ3) is 4.95. The molecule has 1 N–H and O–H groups in total. The van der Waals surface area contributed by atoms with Crippen molar-refractivity contribution in [1.82, 2.24) is 0 Å². The third-order valence-electron chi connectivity index (χ3n) is 3.96. The number of benzene rings is 2. The smallest absolute Gasteiger partial charge is 0.163 e. The summed E-state index contributed by atoms with van der Waals surface area (Å²) in [5.74, 6) is 0.570. The number of aliphatic hydroxyl groups is 1. The van der Waals surface area contributed by atoms with Crippen LogP contribution in [-0.4, -0.2) is 36.3 Å². The number of aliphatic hydroxyl groups excluding tert-OH is 1. The average Bonchev–Trinajstić information content (AvgIpc) is 2.99. The van der Waals surface area contributed by atoms with Gasteiger partial charge in [0.25, 0.3) is 0 Å². The molecule has 2 aromatic rings. The Morgan fingerprint density at radius 2 is 1.68 bits per heavy atom. The lowest BCUT2D eigenvalue weighted by molar-refractivity contribution is -0.153. The second-order valence-corrected chi connectivity index (χ2v) is 6.47. The molecule has 0 bridgehead atoms. The van der Waals surface area contributed by atoms with Crippen LogP contribution in [0.3, 0.4) is 0 Å². The van der Waals surface area contributed by atoms with Gasteiger partial charge in [0.1, 0.15) is 25.4 Å². The quantitative estimate of drug-likeness (QED) is 0.836. The van der Waals surface area contributed by atoms with Gasteiger partial charge in [-0.05, 0) is 31.5 Å². The van der Waals surface area contributed by atoms with E-state index in [4.69, 9.17) is 18.9 Å². The third-order valence-corrected chi connectivity index (χ3v) is 3.96. The SMILES string of the molecule is CC1(C)OC[C@@H]([C@@H](O)COc2ccccc2OCc2ccccc2)O1. The molecule has 0 radical (unpaired) electrons. The van der Waals surface area contributed by atoms with Crippen LogP contribution in [0.4, 0.5) is 0 Å². The zero-order valence-electron chi connectivity index (χ0n) is 14.6. The van der Waals surface area contributed by atoms with E-state index in [0.29, 0.717) is 24.7 Å². The van der Waals surface area contributed by atoms with E-state index < -0.39 is 18.0 Å². The minimum Gasteiger partial charge on any atom is -0.487 e. The van der Waals surface area contributed by atoms with Crippen molar-refractivity contribution in [2.24, 2.45) is 0 Å². The highest BCUT2D eigenvalue weighted by atomic mass is 16.7. The fourth-order valence-corrected chi connectivity index (χ4v) is 2.61. The van der Waals surface area contributed by atoms with Crippen LogP contribution in [0.5, 0.6) is 11.5 Å². The first-order valence-corrected chi connectivity index (χ1v) is 8.42. The van der Waals surface area contributed by atoms with Crippen molar-refractivity contribution in [3.63, 3.8) is 0 Å². The Labute approximate surface area is 148 Å². The molecule has 1 fully saturated rings. The summed E-state index contributed by atoms with van der Waals surface area (Å²) in [7, 11) is 0. The summed E-state index contributed by atoms with van der Waals surface area (Å²) < 4.78 is 22.7. The van der Waals surface area contributed by atoms with E-state index in [2.05, 4.69) is 0 Å². The Morgan fingerprint density at radius 3 is 2.32 bits per heavy atom. The minimum atomic E-state index is -0.774. The Bertz CT molecular complexity index is 671. The molecule has 5 nitrogen and oxygen atoms in total. The van der Waals surface area contributed by atoms with Gasteiger partial charge in [-0.1, -0.05) is 42.5 Å². The molecular formula is C20H24O5. The fourth-order valence-electron chi connectivity index (χ4n) is 2.61. The summed E-state index contributed by atoms with van der Waals surface area (Å²) in [5, 5.41) is 10.3. The molecule has 0 unspecified atom stereocenters. The van der Waals surface area contributed by atoms with Crippen LogP contribution in [0, 0.1) is 0 Å². The van der Waals surface area contributed by atoms with Gasteiger partial charge in [0.2, 0.25) is 0 Å². The van der Waals surface area contributed by atoms with Gasteiger partial charge in [-0.15, -0.1) is 0 Å². The van der Waals surface area contributed by atoms with Gasteiger partial charge in [0, 0.05) is 0 Å². The second kappa shape index (κ2) is 7.87. The number of para-hydroxylation sites is 2. The number of hydrogen-bond acceptors (Lipinski definition) is 5. The van der Waals surface area contributed by atoms with Crippen molar-refractivity contribution >= 4 is 0 Å². The summed E-state index contributed by atoms with van der Waals surface area (Å²) in [6.07, 6.45) is -1.17. The molecule has 0 aliphatic carbocycles. The molecule has 1 aliphatic rings. The molecular weight excluding hydrogens is 320 g/mol. The van der Waals surface area contributed by atoms with Gasteiger partial charge in [0.15, 0.2) is 17.3 Å². The summed E-state index contributed by atoms with van der Waals surface area (Å²) in [6, 6.07) is 17.4. The van der Waals surface area contributed by atoms with E-state index in [1.165, 1.54) is 0 Å². The first-order chi connectivity index (χ1) is 12.0. The summed E-state index contributed by atoms with van der Waals surface area (Å²) in [5.41, 5.74) is 1.08. The van der Waals surface area contributed by atoms with Gasteiger partial charge < -0.3 is 24.1 Å². The Balaban J connectivity index is 1.56. The number of hydrogen-bond donors (Lipinski definition) is 1. The molecule has 2 atom stereocenters. The van der Waals surface area contributed by atoms with Gasteiger partial charge in [0.05, 0.1) is 6.61 Å². The largest absolute Gasteiger partial charge is 0.487 e. The van der Waals surface area contributed by atoms with Gasteiger partial charge in [-0.2, -0.15) is 0 Å². The van der Waals surface area contributed by atoms with Crippen molar-refractivity contribution in [3.05, 3.63) is 60.2 Å². The molecule has 1 aliphatic heterocycles. The lowest BCUT2D eigenvalue weighted by Crippen LogP contribution is -2.35. The molecule has 0 spiro atoms. The Hall–Kier alpha value is -2.08. The van der Waals surface area contributed by atoms with Crippen molar-refractivity contribution in [1.29, 1.82) is 0 Å². The van der Waals surface area contributed by atoms with E-state index in [1.807, 2.05) is 68.4 Å². The molecule has 0 saturated carbocycles. The van der Waals surface area contributed by atoms with E-state index in [0.717, 1.165) is 5.56 Å². The maximum absolute atomic E-state index is 10.3. The average molecular weight is 344 g/mol. The summed E-state index contributed by atoms with van der Waals surface area (Å²) in [6.45, 7) is 4.57. The number of rotatable bonds is 7. The predicted octanol–water partition coefficient (Wildman–Crippen LogP) is 3.16. The van der Waals surface area contributed by atoms with E-state index in [-0.39, 0.29) is 6.61 Å². The van der Waals surface area contributed by atoms with Crippen LogP contribution in [0.1, 0.15) is 19.4 Å². The predicted molar refractivity (Wildman–Crippen MR) is 93.6 cm³/mol. The molecule has 0 amide bonds. The highest BCUT2D eigenvalue weighted by Gasteiger charge is 2.37. The number of ether oxygens (including phenoxy) is 4. The van der Waals surface area contributed by atoms with E-state index in [1.54, 1.807) is 0 Å². The maximum atomic E-state index is 10.3. The Morgan fingerprint density at radius 1 is 1.04 bits per heavy atom. The first kappa shape index (κ1) is 17.7. The maximum Gasteiger partial charge on any atom is 0.163 e. The molecule has 0 aromatic heterocycles. The highest BCUT2D eigenvalue weighted by molar-refractivity contribution is 5.39. The normalized spacial score (nSPS) is 20.2. The Kier molecular flexibility index (Phi) is 5.58. The standard InChI is InChI=1S/C20H24O5/c1-20(2)24-14-19(25-20)16(21)13-23-18-11-7-6-10-17(18)22-12-15-8-4-3-5-9-15/h3-11,16,19,21H,12-14H2,1-2H3/t16-,19-/m0/s1. The van der Waals surface area contributed by atoms with Crippen LogP contribution in [0.15, 0.2) is 54.6 Å². The van der Waals surface area contributed by atoms with Crippen molar-refractivity contribution in [2.45, 2.75) is 38.4 Å². The zero-order chi connectivity index (χ0) is 17.7. The van der Waals surface area contributed by atoms with Crippen LogP contribution < -0.4 is 9.47 Å². The minimum absolute atomic E-state index is 0.107. The van der Waals surface area contributed by atoms with Crippen LogP contribution in [0.2, 0.25) is 0 Å². The monoisotopic (exact) mass is 344 g/mol. The molecule has 25 heavy (non-hydrogen) atoms. The first-order valence-electron chi connectivity index (χ1n) is 8.42. The van der Waals surface area contributed by atoms with E-state index in [9.17, 15) is 5.11 Å². The van der Waals surface area contributed by atoms with E-state index >= 15 is 0 Å². The molecule has 1 heterocycles. The van der Waals surface area contributed by atoms with Crippen LogP contribution in [0.25, 0.3) is 0 Å². The van der Waals surface area contributed by atoms with Crippen LogP contribution in [-0.2, 0) is 16.1 Å². The lowest BCUT2D eigenvalue weighted by atomic mass is 10.2. The van der Waals surface area contributed by atoms with Crippen LogP contribution >= 0.6 is 0 Å². The lowest BCUT2D eigenvalue weighted by Gasteiger charge is -2.21. The summed E-state index contributed by atoms with van der Waals surface area (Å²) in [4.78, 5) is 0. The van der Waals surface area contributed by atoms with Gasteiger partial charge in [-0.25, -0.2) is 0 Å². The highest BCUT2D eigenvalue weighted by Crippen LogP contribution is 2.29. The zero-order valence-corrected chi connectivity index (χ0v) is 14.6. The van der Waals surface area contributed by atoms with Gasteiger partial charge in [-0.3, -0.25) is 0 Å². The van der Waals surface area contributed by atoms with Crippen molar-refractivity contribution in [3.8, 4) is 11.5 Å². The molecule has 134 valence electrons. The molecule has 1 saturated heterocycles. The van der Waals surface area contributed by atoms with Crippen molar-refractivity contribution in [2.75, 3.05) is 13.2 Å². The second-order valence-electron chi connectivity index (χ2n) is 6.47. The fraction of sp³-hybridized carbons (Fsp3) is 0.400. The topological polar surface area (TPSA) is 57.2 Å². The van der Waals surface area contributed by atoms with Gasteiger partial charge >= 0.3 is 0 Å². The summed E-state index contributed by atoms with van der Waals surface area (Å²) >= 11 is 0. The molecule has 3 rings (SSSR count). The molecule has 5 heteroatoms. The van der Waals surface area contributed by atoms with Crippen molar-refractivity contribution < 1.29 is 24.1 Å². The molecule has 2 aromatic carbocycles.